The van der Waals surface area contributed by atoms with Gasteiger partial charge in [0.25, 0.3) is 0 Å². The van der Waals surface area contributed by atoms with Gasteiger partial charge < -0.3 is 9.84 Å². The molecule has 0 aliphatic carbocycles. The van der Waals surface area contributed by atoms with E-state index in [1.807, 2.05) is 19.1 Å². The van der Waals surface area contributed by atoms with Gasteiger partial charge in [-0.05, 0) is 31.5 Å². The van der Waals surface area contributed by atoms with Crippen molar-refractivity contribution in [3.63, 3.8) is 0 Å². The van der Waals surface area contributed by atoms with Crippen molar-refractivity contribution in [3.05, 3.63) is 65.0 Å². The van der Waals surface area contributed by atoms with Gasteiger partial charge in [0.1, 0.15) is 17.2 Å². The summed E-state index contributed by atoms with van der Waals surface area (Å²) in [7, 11) is 1.48. The van der Waals surface area contributed by atoms with Crippen molar-refractivity contribution >= 4 is 0 Å². The van der Waals surface area contributed by atoms with Crippen LogP contribution >= 0.6 is 0 Å². The number of aryl methyl sites for hydroxylation is 1. The predicted molar refractivity (Wildman–Crippen MR) is 72.8 cm³/mol. The molecule has 0 bridgehead atoms. The highest BCUT2D eigenvalue weighted by Crippen LogP contribution is 2.32. The van der Waals surface area contributed by atoms with Crippen molar-refractivity contribution in [1.82, 2.24) is 0 Å². The number of halogens is 1. The first-order valence-corrected chi connectivity index (χ1v) is 6.08. The van der Waals surface area contributed by atoms with Gasteiger partial charge in [-0.15, -0.1) is 0 Å². The average molecular weight is 260 g/mol. The van der Waals surface area contributed by atoms with E-state index in [1.165, 1.54) is 13.2 Å². The molecule has 0 spiro atoms. The molecule has 0 saturated heterocycles. The molecule has 100 valence electrons. The molecule has 0 amide bonds. The fraction of sp³-hybridized carbons (Fsp3) is 0.250. The van der Waals surface area contributed by atoms with Gasteiger partial charge in [-0.25, -0.2) is 4.39 Å². The van der Waals surface area contributed by atoms with Crippen LogP contribution in [0.4, 0.5) is 4.39 Å². The minimum atomic E-state index is -1.37. The summed E-state index contributed by atoms with van der Waals surface area (Å²) in [6.07, 6.45) is 0. The summed E-state index contributed by atoms with van der Waals surface area (Å²) in [6.45, 7) is 3.55. The van der Waals surface area contributed by atoms with Crippen LogP contribution in [0.15, 0.2) is 42.5 Å². The maximum atomic E-state index is 14.1. The highest BCUT2D eigenvalue weighted by molar-refractivity contribution is 5.39. The lowest BCUT2D eigenvalue weighted by Gasteiger charge is -2.25. The van der Waals surface area contributed by atoms with Crippen molar-refractivity contribution in [2.45, 2.75) is 19.4 Å². The minimum absolute atomic E-state index is 0.233. The largest absolute Gasteiger partial charge is 0.497 e. The Bertz CT molecular complexity index is 574. The molecule has 1 atom stereocenters. The molecule has 0 heterocycles. The van der Waals surface area contributed by atoms with Crippen LogP contribution in [0, 0.1) is 12.7 Å². The Hall–Kier alpha value is -1.87. The molecule has 2 rings (SSSR count). The molecule has 19 heavy (non-hydrogen) atoms. The lowest BCUT2D eigenvalue weighted by atomic mass is 9.87. The number of hydrogen-bond donors (Lipinski definition) is 1. The first-order valence-electron chi connectivity index (χ1n) is 6.08. The molecule has 3 heteroatoms. The SMILES string of the molecule is COc1ccc(C(C)(O)c2ccc(C)cc2)c(F)c1. The van der Waals surface area contributed by atoms with E-state index >= 15 is 0 Å². The highest BCUT2D eigenvalue weighted by atomic mass is 19.1. The fourth-order valence-corrected chi connectivity index (χ4v) is 2.05. The molecule has 0 aliphatic heterocycles. The maximum absolute atomic E-state index is 14.1. The third kappa shape index (κ3) is 2.61. The van der Waals surface area contributed by atoms with E-state index in [4.69, 9.17) is 4.74 Å². The zero-order valence-corrected chi connectivity index (χ0v) is 11.3. The first kappa shape index (κ1) is 13.6. The topological polar surface area (TPSA) is 29.5 Å². The number of aliphatic hydroxyl groups is 1. The zero-order valence-electron chi connectivity index (χ0n) is 11.3. The summed E-state index contributed by atoms with van der Waals surface area (Å²) in [5.41, 5.74) is 0.610. The summed E-state index contributed by atoms with van der Waals surface area (Å²) in [4.78, 5) is 0. The van der Waals surface area contributed by atoms with Crippen LogP contribution < -0.4 is 4.74 Å². The number of methoxy groups -OCH3 is 1. The van der Waals surface area contributed by atoms with Gasteiger partial charge in [0, 0.05) is 11.6 Å². The third-order valence-electron chi connectivity index (χ3n) is 3.31. The second-order valence-corrected chi connectivity index (χ2v) is 4.78. The van der Waals surface area contributed by atoms with Crippen LogP contribution in [-0.2, 0) is 5.60 Å². The Morgan fingerprint density at radius 1 is 1.11 bits per heavy atom. The van der Waals surface area contributed by atoms with E-state index in [-0.39, 0.29) is 5.56 Å². The van der Waals surface area contributed by atoms with E-state index in [0.29, 0.717) is 11.3 Å². The molecular weight excluding hydrogens is 243 g/mol. The Labute approximate surface area is 112 Å². The number of ether oxygens (including phenoxy) is 1. The molecule has 2 aromatic rings. The van der Waals surface area contributed by atoms with E-state index in [0.717, 1.165) is 5.56 Å². The molecule has 0 fully saturated rings. The fourth-order valence-electron chi connectivity index (χ4n) is 2.05. The van der Waals surface area contributed by atoms with Crippen LogP contribution in [0.3, 0.4) is 0 Å². The second-order valence-electron chi connectivity index (χ2n) is 4.78. The Balaban J connectivity index is 2.46. The normalized spacial score (nSPS) is 13.9. The van der Waals surface area contributed by atoms with E-state index < -0.39 is 11.4 Å². The van der Waals surface area contributed by atoms with Crippen LogP contribution in [0.25, 0.3) is 0 Å². The summed E-state index contributed by atoms with van der Waals surface area (Å²) in [5, 5.41) is 10.6. The molecule has 2 nitrogen and oxygen atoms in total. The minimum Gasteiger partial charge on any atom is -0.497 e. The quantitative estimate of drug-likeness (QED) is 0.916. The van der Waals surface area contributed by atoms with Crippen molar-refractivity contribution in [1.29, 1.82) is 0 Å². The van der Waals surface area contributed by atoms with Crippen LogP contribution in [0.1, 0.15) is 23.6 Å². The van der Waals surface area contributed by atoms with Gasteiger partial charge in [0.15, 0.2) is 0 Å². The smallest absolute Gasteiger partial charge is 0.133 e. The molecule has 1 unspecified atom stereocenters. The van der Waals surface area contributed by atoms with E-state index in [1.54, 1.807) is 31.2 Å². The lowest BCUT2D eigenvalue weighted by Crippen LogP contribution is -2.24. The van der Waals surface area contributed by atoms with Crippen LogP contribution in [-0.4, -0.2) is 12.2 Å². The van der Waals surface area contributed by atoms with Gasteiger partial charge in [-0.3, -0.25) is 0 Å². The number of hydrogen-bond acceptors (Lipinski definition) is 2. The first-order chi connectivity index (χ1) is 8.95. The summed E-state index contributed by atoms with van der Waals surface area (Å²) < 4.78 is 19.0. The van der Waals surface area contributed by atoms with Gasteiger partial charge in [-0.2, -0.15) is 0 Å². The van der Waals surface area contributed by atoms with Gasteiger partial charge >= 0.3 is 0 Å². The summed E-state index contributed by atoms with van der Waals surface area (Å²) in [5.74, 6) is -0.0501. The monoisotopic (exact) mass is 260 g/mol. The van der Waals surface area contributed by atoms with Crippen molar-refractivity contribution < 1.29 is 14.2 Å². The molecule has 0 radical (unpaired) electrons. The average Bonchev–Trinajstić information content (AvgIpc) is 2.38. The Morgan fingerprint density at radius 2 is 1.74 bits per heavy atom. The molecule has 0 aromatic heterocycles. The molecule has 1 N–H and O–H groups in total. The van der Waals surface area contributed by atoms with Crippen molar-refractivity contribution in [3.8, 4) is 5.75 Å². The Morgan fingerprint density at radius 3 is 2.26 bits per heavy atom. The van der Waals surface area contributed by atoms with Crippen LogP contribution in [0.2, 0.25) is 0 Å². The van der Waals surface area contributed by atoms with Gasteiger partial charge in [-0.1, -0.05) is 29.8 Å². The Kier molecular flexibility index (Phi) is 3.58. The molecule has 2 aromatic carbocycles. The van der Waals surface area contributed by atoms with E-state index in [9.17, 15) is 9.50 Å². The standard InChI is InChI=1S/C16H17FO2/c1-11-4-6-12(7-5-11)16(2,18)14-9-8-13(19-3)10-15(14)17/h4-10,18H,1-3H3. The van der Waals surface area contributed by atoms with Gasteiger partial charge in [0.05, 0.1) is 7.11 Å². The molecule has 0 aliphatic rings. The van der Waals surface area contributed by atoms with E-state index in [2.05, 4.69) is 0 Å². The van der Waals surface area contributed by atoms with Crippen molar-refractivity contribution in [2.75, 3.05) is 7.11 Å². The predicted octanol–water partition coefficient (Wildman–Crippen LogP) is 3.40. The zero-order chi connectivity index (χ0) is 14.0. The summed E-state index contributed by atoms with van der Waals surface area (Å²) in [6, 6.07) is 11.9. The van der Waals surface area contributed by atoms with Gasteiger partial charge in [0.2, 0.25) is 0 Å². The maximum Gasteiger partial charge on any atom is 0.133 e. The third-order valence-corrected chi connectivity index (χ3v) is 3.31. The summed E-state index contributed by atoms with van der Waals surface area (Å²) >= 11 is 0. The van der Waals surface area contributed by atoms with Crippen molar-refractivity contribution in [2.24, 2.45) is 0 Å². The molecule has 0 saturated carbocycles. The molecular formula is C16H17FO2. The second kappa shape index (κ2) is 5.02. The number of rotatable bonds is 3. The highest BCUT2D eigenvalue weighted by Gasteiger charge is 2.28. The number of benzene rings is 2. The van der Waals surface area contributed by atoms with Crippen LogP contribution in [0.5, 0.6) is 5.75 Å². The lowest BCUT2D eigenvalue weighted by molar-refractivity contribution is 0.0978.